The Morgan fingerprint density at radius 1 is 1.39 bits per heavy atom. The second-order valence-electron chi connectivity index (χ2n) is 4.79. The molecular formula is C16H16Cl2N2O2S. The zero-order chi connectivity index (χ0) is 16.7. The number of carbonyl (C=O) groups is 1. The molecule has 0 bridgehead atoms. The smallest absolute Gasteiger partial charge is 0.240 e. The van der Waals surface area contributed by atoms with Gasteiger partial charge < -0.3 is 4.74 Å². The third kappa shape index (κ3) is 5.86. The summed E-state index contributed by atoms with van der Waals surface area (Å²) in [6, 6.07) is 7.04. The van der Waals surface area contributed by atoms with Gasteiger partial charge in [-0.25, -0.2) is 5.43 Å². The summed E-state index contributed by atoms with van der Waals surface area (Å²) in [6.07, 6.45) is 2.55. The van der Waals surface area contributed by atoms with Gasteiger partial charge in [0.05, 0.1) is 17.8 Å². The van der Waals surface area contributed by atoms with E-state index in [-0.39, 0.29) is 5.91 Å². The fourth-order valence-corrected chi connectivity index (χ4v) is 2.99. The highest BCUT2D eigenvalue weighted by Crippen LogP contribution is 2.27. The Labute approximate surface area is 149 Å². The predicted molar refractivity (Wildman–Crippen MR) is 96.0 cm³/mol. The molecule has 0 saturated heterocycles. The van der Waals surface area contributed by atoms with Crippen LogP contribution in [-0.4, -0.2) is 18.7 Å². The summed E-state index contributed by atoms with van der Waals surface area (Å²) in [6.45, 7) is 2.39. The van der Waals surface area contributed by atoms with Crippen molar-refractivity contribution >= 4 is 46.7 Å². The summed E-state index contributed by atoms with van der Waals surface area (Å²) < 4.78 is 5.51. The van der Waals surface area contributed by atoms with Gasteiger partial charge in [-0.2, -0.15) is 5.10 Å². The zero-order valence-electron chi connectivity index (χ0n) is 12.5. The average Bonchev–Trinajstić information content (AvgIpc) is 2.91. The topological polar surface area (TPSA) is 50.7 Å². The molecule has 0 radical (unpaired) electrons. The average molecular weight is 371 g/mol. The molecule has 1 aromatic heterocycles. The van der Waals surface area contributed by atoms with Crippen LogP contribution in [0.25, 0.3) is 0 Å². The minimum atomic E-state index is -0.152. The molecule has 0 fully saturated rings. The zero-order valence-corrected chi connectivity index (χ0v) is 14.8. The molecule has 0 aliphatic heterocycles. The third-order valence-corrected chi connectivity index (χ3v) is 4.46. The van der Waals surface area contributed by atoms with Crippen molar-refractivity contribution in [3.05, 3.63) is 50.1 Å². The van der Waals surface area contributed by atoms with Crippen LogP contribution in [-0.2, 0) is 4.79 Å². The van der Waals surface area contributed by atoms with Crippen LogP contribution in [0.3, 0.4) is 0 Å². The summed E-state index contributed by atoms with van der Waals surface area (Å²) in [5.74, 6) is 0.406. The van der Waals surface area contributed by atoms with Crippen molar-refractivity contribution in [3.8, 4) is 5.75 Å². The van der Waals surface area contributed by atoms with E-state index in [0.29, 0.717) is 35.2 Å². The van der Waals surface area contributed by atoms with E-state index in [1.807, 2.05) is 18.4 Å². The first-order valence-corrected chi connectivity index (χ1v) is 8.63. The minimum absolute atomic E-state index is 0.152. The number of benzene rings is 1. The lowest BCUT2D eigenvalue weighted by Crippen LogP contribution is -2.18. The molecule has 122 valence electrons. The van der Waals surface area contributed by atoms with Crippen molar-refractivity contribution in [1.29, 1.82) is 0 Å². The summed E-state index contributed by atoms with van der Waals surface area (Å²) >= 11 is 13.4. The van der Waals surface area contributed by atoms with E-state index in [2.05, 4.69) is 10.5 Å². The predicted octanol–water partition coefficient (Wildman–Crippen LogP) is 4.67. The number of nitrogens with zero attached hydrogens (tertiary/aromatic N) is 1. The number of nitrogens with one attached hydrogen (secondary N) is 1. The standard InChI is InChI=1S/C16H16Cl2N2O2S/c1-11-6-8-23-15(11)10-19-20-16(21)3-2-7-22-14-5-4-12(17)9-13(14)18/h4-6,8-10H,2-3,7H2,1H3,(H,20,21)/b19-10+. The number of hydrogen-bond acceptors (Lipinski definition) is 4. The molecule has 1 amide bonds. The molecule has 1 heterocycles. The first-order chi connectivity index (χ1) is 11.1. The number of amides is 1. The largest absolute Gasteiger partial charge is 0.492 e. The van der Waals surface area contributed by atoms with E-state index in [9.17, 15) is 4.79 Å². The van der Waals surface area contributed by atoms with Crippen molar-refractivity contribution in [1.82, 2.24) is 5.43 Å². The number of halogens is 2. The molecule has 23 heavy (non-hydrogen) atoms. The van der Waals surface area contributed by atoms with Gasteiger partial charge in [-0.05, 0) is 48.6 Å². The fourth-order valence-electron chi connectivity index (χ4n) is 1.74. The van der Waals surface area contributed by atoms with Crippen LogP contribution in [0.15, 0.2) is 34.7 Å². The Morgan fingerprint density at radius 3 is 2.91 bits per heavy atom. The molecule has 0 aliphatic carbocycles. The molecule has 1 aromatic carbocycles. The normalized spacial score (nSPS) is 10.9. The number of thiophene rings is 1. The van der Waals surface area contributed by atoms with E-state index < -0.39 is 0 Å². The van der Waals surface area contributed by atoms with Crippen molar-refractivity contribution < 1.29 is 9.53 Å². The second kappa shape index (κ2) is 8.91. The number of hydrazone groups is 1. The molecule has 0 saturated carbocycles. The number of hydrogen-bond donors (Lipinski definition) is 1. The molecule has 1 N–H and O–H groups in total. The molecule has 0 spiro atoms. The van der Waals surface area contributed by atoms with Crippen LogP contribution in [0.1, 0.15) is 23.3 Å². The SMILES string of the molecule is Cc1ccsc1/C=N/NC(=O)CCCOc1ccc(Cl)cc1Cl. The maximum absolute atomic E-state index is 11.7. The van der Waals surface area contributed by atoms with Crippen LogP contribution in [0.4, 0.5) is 0 Å². The summed E-state index contributed by atoms with van der Waals surface area (Å²) in [5, 5.41) is 6.94. The van der Waals surface area contributed by atoms with Crippen molar-refractivity contribution in [2.24, 2.45) is 5.10 Å². The van der Waals surface area contributed by atoms with Gasteiger partial charge in [0.25, 0.3) is 0 Å². The number of aryl methyl sites for hydroxylation is 1. The first-order valence-electron chi connectivity index (χ1n) is 7.00. The molecule has 4 nitrogen and oxygen atoms in total. The number of carbonyl (C=O) groups excluding carboxylic acids is 1. The van der Waals surface area contributed by atoms with Gasteiger partial charge in [0.2, 0.25) is 5.91 Å². The van der Waals surface area contributed by atoms with Gasteiger partial charge in [-0.15, -0.1) is 11.3 Å². The first kappa shape index (κ1) is 17.8. The van der Waals surface area contributed by atoms with Crippen LogP contribution in [0.5, 0.6) is 5.75 Å². The van der Waals surface area contributed by atoms with E-state index in [1.54, 1.807) is 35.8 Å². The van der Waals surface area contributed by atoms with Gasteiger partial charge >= 0.3 is 0 Å². The highest BCUT2D eigenvalue weighted by Gasteiger charge is 2.04. The maximum atomic E-state index is 11.7. The Morgan fingerprint density at radius 2 is 2.22 bits per heavy atom. The minimum Gasteiger partial charge on any atom is -0.492 e. The van der Waals surface area contributed by atoms with Crippen LogP contribution in [0, 0.1) is 6.92 Å². The molecule has 0 atom stereocenters. The number of rotatable bonds is 7. The molecule has 0 aliphatic rings. The molecule has 7 heteroatoms. The van der Waals surface area contributed by atoms with Crippen LogP contribution < -0.4 is 10.2 Å². The maximum Gasteiger partial charge on any atom is 0.240 e. The number of ether oxygens (including phenoxy) is 1. The lowest BCUT2D eigenvalue weighted by molar-refractivity contribution is -0.121. The highest BCUT2D eigenvalue weighted by atomic mass is 35.5. The van der Waals surface area contributed by atoms with Gasteiger partial charge in [0.15, 0.2) is 0 Å². The van der Waals surface area contributed by atoms with E-state index >= 15 is 0 Å². The van der Waals surface area contributed by atoms with Gasteiger partial charge in [-0.1, -0.05) is 23.2 Å². The van der Waals surface area contributed by atoms with Crippen LogP contribution >= 0.6 is 34.5 Å². The van der Waals surface area contributed by atoms with E-state index in [4.69, 9.17) is 27.9 Å². The van der Waals surface area contributed by atoms with E-state index in [1.165, 1.54) is 0 Å². The summed E-state index contributed by atoms with van der Waals surface area (Å²) in [4.78, 5) is 12.7. The second-order valence-corrected chi connectivity index (χ2v) is 6.58. The Hall–Kier alpha value is -1.56. The lowest BCUT2D eigenvalue weighted by atomic mass is 10.3. The van der Waals surface area contributed by atoms with Gasteiger partial charge in [0, 0.05) is 16.3 Å². The summed E-state index contributed by atoms with van der Waals surface area (Å²) in [5.41, 5.74) is 3.64. The third-order valence-electron chi connectivity index (χ3n) is 2.97. The van der Waals surface area contributed by atoms with E-state index in [0.717, 1.165) is 10.4 Å². The molecule has 0 unspecified atom stereocenters. The molecular weight excluding hydrogens is 355 g/mol. The van der Waals surface area contributed by atoms with Crippen LogP contribution in [0.2, 0.25) is 10.0 Å². The monoisotopic (exact) mass is 370 g/mol. The van der Waals surface area contributed by atoms with Crippen molar-refractivity contribution in [2.45, 2.75) is 19.8 Å². The Balaban J connectivity index is 1.67. The lowest BCUT2D eigenvalue weighted by Gasteiger charge is -2.07. The Kier molecular flexibility index (Phi) is 6.89. The van der Waals surface area contributed by atoms with Gasteiger partial charge in [0.1, 0.15) is 5.75 Å². The quantitative estimate of drug-likeness (QED) is 0.437. The highest BCUT2D eigenvalue weighted by molar-refractivity contribution is 7.11. The summed E-state index contributed by atoms with van der Waals surface area (Å²) in [7, 11) is 0. The van der Waals surface area contributed by atoms with Gasteiger partial charge in [-0.3, -0.25) is 4.79 Å². The van der Waals surface area contributed by atoms with Crippen molar-refractivity contribution in [3.63, 3.8) is 0 Å². The molecule has 2 rings (SSSR count). The molecule has 2 aromatic rings. The Bertz CT molecular complexity index is 701. The fraction of sp³-hybridized carbons (Fsp3) is 0.250. The van der Waals surface area contributed by atoms with Crippen molar-refractivity contribution in [2.75, 3.05) is 6.61 Å².